The van der Waals surface area contributed by atoms with Crippen molar-refractivity contribution >= 4 is 23.9 Å². The summed E-state index contributed by atoms with van der Waals surface area (Å²) >= 11 is 0. The highest BCUT2D eigenvalue weighted by atomic mass is 16.7. The normalized spacial score (nSPS) is 24.7. The Morgan fingerprint density at radius 1 is 0.875 bits per heavy atom. The summed E-state index contributed by atoms with van der Waals surface area (Å²) in [7, 11) is 0. The van der Waals surface area contributed by atoms with Gasteiger partial charge < -0.3 is 32.8 Å². The Morgan fingerprint density at radius 2 is 1.44 bits per heavy atom. The summed E-state index contributed by atoms with van der Waals surface area (Å²) in [6.45, 7) is 5.49. The second-order valence-corrected chi connectivity index (χ2v) is 6.86. The molecule has 1 unspecified atom stereocenters. The average molecular weight is 456 g/mol. The first kappa shape index (κ1) is 24.9. The lowest BCUT2D eigenvalue weighted by Gasteiger charge is -2.43. The van der Waals surface area contributed by atoms with Gasteiger partial charge in [-0.2, -0.15) is 0 Å². The lowest BCUT2D eigenvalue weighted by molar-refractivity contribution is -0.288. The summed E-state index contributed by atoms with van der Waals surface area (Å²) in [6, 6.07) is 1.10. The van der Waals surface area contributed by atoms with E-state index in [0.717, 1.165) is 40.0 Å². The summed E-state index contributed by atoms with van der Waals surface area (Å²) in [5, 5.41) is 0. The molecule has 0 aliphatic carbocycles. The molecular formula is C20H24O12. The van der Waals surface area contributed by atoms with Gasteiger partial charge in [0.1, 0.15) is 18.5 Å². The third-order valence-electron chi connectivity index (χ3n) is 4.19. The Labute approximate surface area is 182 Å². The molecule has 0 radical (unpaired) electrons. The summed E-state index contributed by atoms with van der Waals surface area (Å²) in [5.74, 6) is -3.13. The fourth-order valence-corrected chi connectivity index (χ4v) is 3.04. The Balaban J connectivity index is 2.51. The van der Waals surface area contributed by atoms with Crippen LogP contribution in [0.1, 0.15) is 33.5 Å². The van der Waals surface area contributed by atoms with E-state index in [0.29, 0.717) is 0 Å². The predicted octanol–water partition coefficient (Wildman–Crippen LogP) is 0.410. The van der Waals surface area contributed by atoms with Crippen molar-refractivity contribution in [2.45, 2.75) is 65.3 Å². The zero-order chi connectivity index (χ0) is 24.0. The molecule has 32 heavy (non-hydrogen) atoms. The number of rotatable bonds is 7. The lowest BCUT2D eigenvalue weighted by atomic mass is 9.98. The molecular weight excluding hydrogens is 432 g/mol. The van der Waals surface area contributed by atoms with Gasteiger partial charge in [0.2, 0.25) is 23.6 Å². The van der Waals surface area contributed by atoms with E-state index in [1.165, 1.54) is 6.92 Å². The van der Waals surface area contributed by atoms with E-state index in [2.05, 4.69) is 0 Å². The quantitative estimate of drug-likeness (QED) is 0.412. The van der Waals surface area contributed by atoms with Crippen molar-refractivity contribution in [1.29, 1.82) is 0 Å². The fourth-order valence-electron chi connectivity index (χ4n) is 3.04. The van der Waals surface area contributed by atoms with Crippen LogP contribution in [-0.2, 0) is 42.9 Å². The highest BCUT2D eigenvalue weighted by molar-refractivity contribution is 5.68. The van der Waals surface area contributed by atoms with Crippen LogP contribution in [0.25, 0.3) is 0 Å². The van der Waals surface area contributed by atoms with Gasteiger partial charge in [-0.25, -0.2) is 0 Å². The van der Waals surface area contributed by atoms with Gasteiger partial charge in [0.05, 0.1) is 6.26 Å². The molecule has 12 nitrogen and oxygen atoms in total. The van der Waals surface area contributed by atoms with Gasteiger partial charge in [-0.05, 0) is 6.92 Å². The van der Waals surface area contributed by atoms with Crippen LogP contribution in [0.15, 0.2) is 21.5 Å². The zero-order valence-electron chi connectivity index (χ0n) is 18.1. The van der Waals surface area contributed by atoms with Crippen molar-refractivity contribution in [3.8, 4) is 5.75 Å². The molecule has 1 saturated heterocycles. The van der Waals surface area contributed by atoms with E-state index < -0.39 is 66.6 Å². The molecule has 0 bridgehead atoms. The molecule has 0 spiro atoms. The number of hydrogen-bond acceptors (Lipinski definition) is 12. The maximum atomic E-state index is 12.2. The molecule has 1 aliphatic rings. The minimum Gasteiger partial charge on any atom is -0.465 e. The van der Waals surface area contributed by atoms with Gasteiger partial charge >= 0.3 is 23.9 Å². The summed E-state index contributed by atoms with van der Waals surface area (Å²) in [5.41, 5.74) is -0.554. The molecule has 1 aliphatic heterocycles. The highest BCUT2D eigenvalue weighted by Gasteiger charge is 2.53. The Bertz CT molecular complexity index is 919. The smallest absolute Gasteiger partial charge is 0.303 e. The van der Waals surface area contributed by atoms with Gasteiger partial charge in [-0.3, -0.25) is 24.0 Å². The molecule has 2 heterocycles. The molecule has 12 heteroatoms. The molecule has 0 amide bonds. The van der Waals surface area contributed by atoms with E-state index in [4.69, 9.17) is 32.8 Å². The number of carbonyl (C=O) groups is 4. The van der Waals surface area contributed by atoms with Crippen LogP contribution in [0.4, 0.5) is 0 Å². The predicted molar refractivity (Wildman–Crippen MR) is 102 cm³/mol. The van der Waals surface area contributed by atoms with Gasteiger partial charge in [-0.1, -0.05) is 0 Å². The van der Waals surface area contributed by atoms with Crippen LogP contribution in [0.5, 0.6) is 5.75 Å². The standard InChI is InChI=1S/C20H24O12/c1-9-16(14(25)6-7-26-9)32-20-19(30-13(5)24)18(29-12(4)23)17(28-11(3)22)15(31-20)8-27-10(2)21/h6-7,15,17-20H,8H2,1-5H3/t15-,17-,18+,19-,20?/m1/s1. The summed E-state index contributed by atoms with van der Waals surface area (Å²) in [4.78, 5) is 58.8. The first-order valence-corrected chi connectivity index (χ1v) is 9.55. The third-order valence-corrected chi connectivity index (χ3v) is 4.19. The number of ether oxygens (including phenoxy) is 6. The van der Waals surface area contributed by atoms with Crippen LogP contribution in [0.3, 0.4) is 0 Å². The van der Waals surface area contributed by atoms with Gasteiger partial charge in [-0.15, -0.1) is 0 Å². The second kappa shape index (κ2) is 10.8. The molecule has 1 fully saturated rings. The first-order valence-electron chi connectivity index (χ1n) is 9.55. The molecule has 1 aromatic heterocycles. The molecule has 0 aromatic carbocycles. The topological polar surface area (TPSA) is 154 Å². The summed E-state index contributed by atoms with van der Waals surface area (Å²) in [6.07, 6.45) is -5.73. The van der Waals surface area contributed by atoms with Crippen LogP contribution < -0.4 is 10.2 Å². The maximum Gasteiger partial charge on any atom is 0.303 e. The van der Waals surface area contributed by atoms with Crippen molar-refractivity contribution < 1.29 is 52.0 Å². The lowest BCUT2D eigenvalue weighted by Crippen LogP contribution is -2.63. The third kappa shape index (κ3) is 6.54. The number of esters is 4. The largest absolute Gasteiger partial charge is 0.465 e. The minimum absolute atomic E-state index is 0.102. The average Bonchev–Trinajstić information content (AvgIpc) is 2.66. The SMILES string of the molecule is CC(=O)OC[C@H]1OC(Oc2c(C)occc2=O)[C@H](OC(C)=O)[C@@H](OC(C)=O)[C@@H]1OC(C)=O. The van der Waals surface area contributed by atoms with Crippen LogP contribution in [0.2, 0.25) is 0 Å². The number of aryl methyl sites for hydroxylation is 1. The molecule has 2 rings (SSSR count). The van der Waals surface area contributed by atoms with Gasteiger partial charge in [0.25, 0.3) is 0 Å². The van der Waals surface area contributed by atoms with Crippen LogP contribution >= 0.6 is 0 Å². The Kier molecular flexibility index (Phi) is 8.35. The van der Waals surface area contributed by atoms with Crippen molar-refractivity contribution in [1.82, 2.24) is 0 Å². The molecule has 176 valence electrons. The molecule has 1 aromatic rings. The second-order valence-electron chi connectivity index (χ2n) is 6.86. The van der Waals surface area contributed by atoms with Crippen molar-refractivity contribution in [2.24, 2.45) is 0 Å². The van der Waals surface area contributed by atoms with Gasteiger partial charge in [0.15, 0.2) is 12.2 Å². The van der Waals surface area contributed by atoms with Gasteiger partial charge in [0, 0.05) is 33.8 Å². The molecule has 5 atom stereocenters. The maximum absolute atomic E-state index is 12.2. The van der Waals surface area contributed by atoms with E-state index in [1.807, 2.05) is 0 Å². The van der Waals surface area contributed by atoms with E-state index in [9.17, 15) is 24.0 Å². The van der Waals surface area contributed by atoms with Crippen molar-refractivity contribution in [2.75, 3.05) is 6.61 Å². The fraction of sp³-hybridized carbons (Fsp3) is 0.550. The van der Waals surface area contributed by atoms with E-state index in [-0.39, 0.29) is 11.5 Å². The van der Waals surface area contributed by atoms with Crippen LogP contribution in [0, 0.1) is 6.92 Å². The highest BCUT2D eigenvalue weighted by Crippen LogP contribution is 2.31. The number of carbonyl (C=O) groups excluding carboxylic acids is 4. The minimum atomic E-state index is -1.51. The summed E-state index contributed by atoms with van der Waals surface area (Å²) < 4.78 is 37.3. The Morgan fingerprint density at radius 3 is 1.97 bits per heavy atom. The molecule has 0 saturated carbocycles. The van der Waals surface area contributed by atoms with E-state index in [1.54, 1.807) is 0 Å². The zero-order valence-corrected chi connectivity index (χ0v) is 18.1. The van der Waals surface area contributed by atoms with Crippen molar-refractivity contribution in [3.63, 3.8) is 0 Å². The first-order chi connectivity index (χ1) is 15.0. The monoisotopic (exact) mass is 456 g/mol. The molecule has 0 N–H and O–H groups in total. The number of hydrogen-bond donors (Lipinski definition) is 0. The van der Waals surface area contributed by atoms with Crippen LogP contribution in [-0.4, -0.2) is 61.2 Å². The Hall–Kier alpha value is -3.41. The van der Waals surface area contributed by atoms with Crippen molar-refractivity contribution in [3.05, 3.63) is 28.3 Å². The van der Waals surface area contributed by atoms with E-state index >= 15 is 0 Å².